The van der Waals surface area contributed by atoms with Gasteiger partial charge in [-0.25, -0.2) is 0 Å². The molecule has 0 bridgehead atoms. The maximum absolute atomic E-state index is 14.0. The van der Waals surface area contributed by atoms with Gasteiger partial charge in [0, 0.05) is 50.3 Å². The molecule has 6 rings (SSSR count). The predicted octanol–water partition coefficient (Wildman–Crippen LogP) is 5.51. The maximum atomic E-state index is 14.0. The average molecular weight is 703 g/mol. The smallest absolute Gasteiger partial charge is 0.306 e. The van der Waals surface area contributed by atoms with Crippen LogP contribution in [0.2, 0.25) is 10.0 Å². The van der Waals surface area contributed by atoms with Crippen molar-refractivity contribution in [1.82, 2.24) is 9.80 Å². The molecule has 4 atom stereocenters. The Morgan fingerprint density at radius 1 is 0.979 bits per heavy atom. The van der Waals surface area contributed by atoms with Crippen LogP contribution in [-0.4, -0.2) is 104 Å². The van der Waals surface area contributed by atoms with Gasteiger partial charge >= 0.3 is 5.97 Å². The van der Waals surface area contributed by atoms with Crippen LogP contribution in [0.1, 0.15) is 48.0 Å². The first-order valence-corrected chi connectivity index (χ1v) is 17.1. The number of aliphatic carboxylic acids is 1. The summed E-state index contributed by atoms with van der Waals surface area (Å²) in [6, 6.07) is 10.4. The zero-order valence-corrected chi connectivity index (χ0v) is 28.5. The topological polar surface area (TPSA) is 131 Å². The number of para-hydroxylation sites is 1. The first-order chi connectivity index (χ1) is 23.1. The van der Waals surface area contributed by atoms with Crippen LogP contribution in [0.5, 0.6) is 0 Å². The van der Waals surface area contributed by atoms with Crippen molar-refractivity contribution < 1.29 is 38.1 Å². The molecule has 11 nitrogen and oxygen atoms in total. The molecule has 3 fully saturated rings. The fourth-order valence-electron chi connectivity index (χ4n) is 7.29. The van der Waals surface area contributed by atoms with Gasteiger partial charge in [-0.1, -0.05) is 41.4 Å². The molecule has 2 amide bonds. The summed E-state index contributed by atoms with van der Waals surface area (Å²) in [4.78, 5) is 42.6. The Labute approximate surface area is 289 Å². The van der Waals surface area contributed by atoms with E-state index in [9.17, 15) is 19.5 Å². The van der Waals surface area contributed by atoms with E-state index in [1.54, 1.807) is 38.5 Å². The van der Waals surface area contributed by atoms with Crippen molar-refractivity contribution in [2.24, 2.45) is 5.92 Å². The number of halogens is 2. The summed E-state index contributed by atoms with van der Waals surface area (Å²) in [5.74, 6) is -1.57. The first kappa shape index (κ1) is 34.7. The number of nitrogens with zero attached hydrogens (tertiary/aromatic N) is 2. The van der Waals surface area contributed by atoms with Crippen molar-refractivity contribution in [2.75, 3.05) is 45.8 Å². The van der Waals surface area contributed by atoms with Crippen LogP contribution in [0.15, 0.2) is 47.1 Å². The summed E-state index contributed by atoms with van der Waals surface area (Å²) >= 11 is 13.3. The molecule has 0 radical (unpaired) electrons. The lowest BCUT2D eigenvalue weighted by Gasteiger charge is -2.30. The second kappa shape index (κ2) is 15.1. The number of fused-ring (bicyclic) bond motifs is 1. The molecule has 3 aromatic rings. The van der Waals surface area contributed by atoms with E-state index < -0.39 is 11.9 Å². The highest BCUT2D eigenvalue weighted by atomic mass is 35.5. The third-order valence-electron chi connectivity index (χ3n) is 10.1. The summed E-state index contributed by atoms with van der Waals surface area (Å²) in [6.07, 6.45) is 4.58. The summed E-state index contributed by atoms with van der Waals surface area (Å²) < 4.78 is 23.2. The Bertz CT molecular complexity index is 1630. The molecule has 48 heavy (non-hydrogen) atoms. The number of hydrogen-bond donors (Lipinski definition) is 2. The Morgan fingerprint density at radius 3 is 2.38 bits per heavy atom. The van der Waals surface area contributed by atoms with Gasteiger partial charge in [-0.2, -0.15) is 0 Å². The lowest BCUT2D eigenvalue weighted by Crippen LogP contribution is -2.41. The number of furan rings is 1. The largest absolute Gasteiger partial charge is 0.481 e. The number of anilines is 1. The van der Waals surface area contributed by atoms with Crippen molar-refractivity contribution in [3.63, 3.8) is 0 Å². The highest BCUT2D eigenvalue weighted by Gasteiger charge is 2.43. The number of carboxylic acid groups (broad SMARTS) is 1. The summed E-state index contributed by atoms with van der Waals surface area (Å²) in [7, 11) is 3.37. The number of carbonyl (C=O) groups is 3. The highest BCUT2D eigenvalue weighted by molar-refractivity contribution is 6.36. The third kappa shape index (κ3) is 7.51. The van der Waals surface area contributed by atoms with Crippen molar-refractivity contribution in [2.45, 2.75) is 68.9 Å². The Morgan fingerprint density at radius 2 is 1.69 bits per heavy atom. The van der Waals surface area contributed by atoms with Gasteiger partial charge in [0.05, 0.1) is 59.6 Å². The first-order valence-electron chi connectivity index (χ1n) is 16.3. The number of rotatable bonds is 11. The molecule has 2 N–H and O–H groups in total. The molecule has 0 unspecified atom stereocenters. The van der Waals surface area contributed by atoms with E-state index in [0.717, 1.165) is 6.42 Å². The minimum atomic E-state index is -0.751. The van der Waals surface area contributed by atoms with Gasteiger partial charge in [0.25, 0.3) is 5.91 Å². The molecule has 3 heterocycles. The van der Waals surface area contributed by atoms with Crippen LogP contribution in [0.25, 0.3) is 11.0 Å². The number of hydrogen-bond acceptors (Lipinski definition) is 8. The van der Waals surface area contributed by atoms with Crippen LogP contribution < -0.4 is 5.32 Å². The van der Waals surface area contributed by atoms with Crippen LogP contribution in [-0.2, 0) is 30.2 Å². The normalized spacial score (nSPS) is 26.3. The number of benzene rings is 2. The summed E-state index contributed by atoms with van der Waals surface area (Å²) in [5, 5.41) is 13.4. The number of likely N-dealkylation sites (tertiary alicyclic amines) is 2. The molecule has 1 saturated carbocycles. The maximum Gasteiger partial charge on any atom is 0.306 e. The zero-order chi connectivity index (χ0) is 33.9. The predicted molar refractivity (Wildman–Crippen MR) is 181 cm³/mol. The molecule has 2 saturated heterocycles. The Balaban J connectivity index is 1.14. The Hall–Kier alpha value is -3.19. The number of amides is 2. The van der Waals surface area contributed by atoms with Crippen LogP contribution in [0, 0.1) is 5.92 Å². The molecule has 0 spiro atoms. The zero-order valence-electron chi connectivity index (χ0n) is 27.0. The van der Waals surface area contributed by atoms with E-state index in [0.29, 0.717) is 84.7 Å². The second-order valence-electron chi connectivity index (χ2n) is 12.9. The summed E-state index contributed by atoms with van der Waals surface area (Å²) in [5.41, 5.74) is 1.84. The molecule has 2 aromatic carbocycles. The molecule has 1 aromatic heterocycles. The number of ether oxygens (including phenoxy) is 3. The van der Waals surface area contributed by atoms with Gasteiger partial charge < -0.3 is 34.0 Å². The summed E-state index contributed by atoms with van der Waals surface area (Å²) in [6.45, 7) is 2.29. The Kier molecular flexibility index (Phi) is 10.9. The van der Waals surface area contributed by atoms with E-state index in [1.807, 2.05) is 17.0 Å². The van der Waals surface area contributed by atoms with Crippen LogP contribution in [0.3, 0.4) is 0 Å². The van der Waals surface area contributed by atoms with E-state index in [-0.39, 0.29) is 53.7 Å². The van der Waals surface area contributed by atoms with Crippen molar-refractivity contribution in [3.05, 3.63) is 63.8 Å². The van der Waals surface area contributed by atoms with E-state index in [4.69, 9.17) is 41.8 Å². The molecule has 3 aliphatic rings. The molecule has 13 heteroatoms. The van der Waals surface area contributed by atoms with Crippen LogP contribution in [0.4, 0.5) is 5.69 Å². The molecule has 2 aliphatic heterocycles. The van der Waals surface area contributed by atoms with Gasteiger partial charge in [0.15, 0.2) is 0 Å². The second-order valence-corrected chi connectivity index (χ2v) is 13.8. The number of carboxylic acids is 1. The lowest BCUT2D eigenvalue weighted by atomic mass is 9.87. The van der Waals surface area contributed by atoms with Gasteiger partial charge in [-0.15, -0.1) is 0 Å². The third-order valence-corrected chi connectivity index (χ3v) is 10.7. The van der Waals surface area contributed by atoms with E-state index >= 15 is 0 Å². The number of carbonyl (C=O) groups excluding carboxylic acids is 2. The quantitative estimate of drug-likeness (QED) is 0.266. The molecular formula is C35H41Cl2N3O8. The van der Waals surface area contributed by atoms with Gasteiger partial charge in [-0.05, 0) is 55.9 Å². The van der Waals surface area contributed by atoms with E-state index in [1.165, 1.54) is 6.26 Å². The van der Waals surface area contributed by atoms with Gasteiger partial charge in [0.2, 0.25) is 5.91 Å². The van der Waals surface area contributed by atoms with Gasteiger partial charge in [-0.3, -0.25) is 19.3 Å². The van der Waals surface area contributed by atoms with Crippen molar-refractivity contribution in [3.8, 4) is 0 Å². The van der Waals surface area contributed by atoms with Crippen molar-refractivity contribution in [1.29, 1.82) is 0 Å². The fourth-order valence-corrected chi connectivity index (χ4v) is 7.76. The average Bonchev–Trinajstić information content (AvgIpc) is 3.83. The number of methoxy groups -OCH3 is 2. The monoisotopic (exact) mass is 701 g/mol. The lowest BCUT2D eigenvalue weighted by molar-refractivity contribution is -0.144. The minimum absolute atomic E-state index is 0.0213. The molecule has 258 valence electrons. The molecule has 1 aliphatic carbocycles. The molecular weight excluding hydrogens is 661 g/mol. The van der Waals surface area contributed by atoms with Crippen LogP contribution >= 0.6 is 23.2 Å². The SMILES string of the molecule is CO[C@@H]1CN([C@H]2C[C@@H](CO[C@H]3CC[C@H](C(=O)O)CC3)N(C(=O)Cc3cc(Cl)c(NC(=O)c4coc5ccccc45)cc3Cl)C2)C[C@H]1OC. The van der Waals surface area contributed by atoms with E-state index in [2.05, 4.69) is 10.2 Å². The minimum Gasteiger partial charge on any atom is -0.481 e. The fraction of sp³-hybridized carbons (Fsp3) is 0.514. The standard InChI is InChI=1S/C35H41Cl2N3O8/c1-45-31-16-39(17-32(31)46-2)22-13-23(18-47-24-9-7-20(8-10-24)35(43)44)40(15-22)33(41)12-21-11-28(37)29(14-27(21)36)38-34(42)26-19-48-30-6-4-3-5-25(26)30/h3-6,11,14,19-20,22-24,31-32H,7-10,12-13,15-18H2,1-2H3,(H,38,42)(H,43,44)/t20-,22-,23-,24-,31+,32+/m0/s1. The van der Waals surface area contributed by atoms with Gasteiger partial charge in [0.1, 0.15) is 11.8 Å². The highest BCUT2D eigenvalue weighted by Crippen LogP contribution is 2.34. The number of nitrogens with one attached hydrogen (secondary N) is 1. The van der Waals surface area contributed by atoms with Crippen molar-refractivity contribution >= 4 is 57.6 Å².